The average molecular weight is 354 g/mol. The summed E-state index contributed by atoms with van der Waals surface area (Å²) in [5, 5.41) is 8.66. The third-order valence-electron chi connectivity index (χ3n) is 6.19. The van der Waals surface area contributed by atoms with E-state index >= 15 is 0 Å². The van der Waals surface area contributed by atoms with Gasteiger partial charge in [0.1, 0.15) is 0 Å². The summed E-state index contributed by atoms with van der Waals surface area (Å²) in [6.45, 7) is 2.27. The number of hydrogen-bond donors (Lipinski definition) is 1. The number of unbranched alkanes of at least 4 members (excludes halogenated alkanes) is 1. The first kappa shape index (κ1) is 19.1. The zero-order valence-corrected chi connectivity index (χ0v) is 15.4. The summed E-state index contributed by atoms with van der Waals surface area (Å²) in [5.74, 6) is 0.342. The highest BCUT2D eigenvalue weighted by molar-refractivity contribution is 5.66. The van der Waals surface area contributed by atoms with Crippen LogP contribution in [0.2, 0.25) is 0 Å². The van der Waals surface area contributed by atoms with Gasteiger partial charge in [0.15, 0.2) is 0 Å². The first-order valence-electron chi connectivity index (χ1n) is 10.3. The highest BCUT2D eigenvalue weighted by atomic mass is 16.5. The monoisotopic (exact) mass is 354 g/mol. The van der Waals surface area contributed by atoms with E-state index in [0.29, 0.717) is 43.2 Å². The van der Waals surface area contributed by atoms with Crippen molar-refractivity contribution in [3.05, 3.63) is 0 Å². The van der Waals surface area contributed by atoms with Crippen molar-refractivity contribution < 1.29 is 24.1 Å². The fraction of sp³-hybridized carbons (Fsp3) is 0.950. The van der Waals surface area contributed by atoms with Gasteiger partial charge < -0.3 is 19.3 Å². The Morgan fingerprint density at radius 1 is 0.960 bits per heavy atom. The molecule has 5 heteroatoms. The van der Waals surface area contributed by atoms with Crippen molar-refractivity contribution in [3.8, 4) is 0 Å². The zero-order chi connectivity index (χ0) is 17.5. The number of ether oxygens (including phenoxy) is 3. The molecule has 0 aromatic heterocycles. The average Bonchev–Trinajstić information content (AvgIpc) is 3.21. The molecule has 3 fully saturated rings. The molecule has 1 saturated carbocycles. The van der Waals surface area contributed by atoms with Crippen molar-refractivity contribution in [2.45, 2.75) is 88.9 Å². The maximum absolute atomic E-state index is 10.5. The molecule has 0 aromatic rings. The normalized spacial score (nSPS) is 32.3. The van der Waals surface area contributed by atoms with Gasteiger partial charge >= 0.3 is 5.97 Å². The van der Waals surface area contributed by atoms with Crippen molar-refractivity contribution in [1.29, 1.82) is 0 Å². The predicted octanol–water partition coefficient (Wildman–Crippen LogP) is 3.79. The molecular formula is C20H34O5. The molecule has 25 heavy (non-hydrogen) atoms. The van der Waals surface area contributed by atoms with Gasteiger partial charge in [0.25, 0.3) is 0 Å². The molecule has 0 spiro atoms. The van der Waals surface area contributed by atoms with Crippen molar-refractivity contribution >= 4 is 5.97 Å². The van der Waals surface area contributed by atoms with Crippen molar-refractivity contribution in [1.82, 2.24) is 0 Å². The van der Waals surface area contributed by atoms with Crippen molar-refractivity contribution in [2.24, 2.45) is 11.8 Å². The SMILES string of the molecule is O=C(O)CCCCOC[C@@H]1[C@H](CCOC2CCCCC2)[C@@H]2CC[C@H]1O2. The van der Waals surface area contributed by atoms with Gasteiger partial charge in [-0.25, -0.2) is 0 Å². The summed E-state index contributed by atoms with van der Waals surface area (Å²) in [4.78, 5) is 10.5. The van der Waals surface area contributed by atoms with Gasteiger partial charge in [0.05, 0.1) is 24.9 Å². The third-order valence-corrected chi connectivity index (χ3v) is 6.19. The molecule has 144 valence electrons. The van der Waals surface area contributed by atoms with E-state index in [0.717, 1.165) is 32.5 Å². The number of rotatable bonds is 11. The number of hydrogen-bond acceptors (Lipinski definition) is 4. The second-order valence-corrected chi connectivity index (χ2v) is 7.96. The molecule has 2 saturated heterocycles. The number of fused-ring (bicyclic) bond motifs is 2. The molecular weight excluding hydrogens is 320 g/mol. The van der Waals surface area contributed by atoms with Crippen LogP contribution in [0.5, 0.6) is 0 Å². The zero-order valence-electron chi connectivity index (χ0n) is 15.4. The van der Waals surface area contributed by atoms with Crippen LogP contribution in [0.25, 0.3) is 0 Å². The molecule has 2 aliphatic heterocycles. The van der Waals surface area contributed by atoms with Gasteiger partial charge in [-0.3, -0.25) is 4.79 Å². The molecule has 4 atom stereocenters. The Bertz CT molecular complexity index is 407. The van der Waals surface area contributed by atoms with E-state index < -0.39 is 5.97 Å². The van der Waals surface area contributed by atoms with Gasteiger partial charge in [-0.05, 0) is 50.9 Å². The second kappa shape index (κ2) is 9.89. The lowest BCUT2D eigenvalue weighted by atomic mass is 9.78. The molecule has 1 aliphatic carbocycles. The summed E-state index contributed by atoms with van der Waals surface area (Å²) in [6.07, 6.45) is 12.9. The van der Waals surface area contributed by atoms with E-state index in [-0.39, 0.29) is 6.42 Å². The highest BCUT2D eigenvalue weighted by Gasteiger charge is 2.48. The minimum atomic E-state index is -0.723. The molecule has 1 N–H and O–H groups in total. The summed E-state index contributed by atoms with van der Waals surface area (Å²) >= 11 is 0. The van der Waals surface area contributed by atoms with Gasteiger partial charge in [-0.1, -0.05) is 19.3 Å². The van der Waals surface area contributed by atoms with Gasteiger partial charge in [-0.2, -0.15) is 0 Å². The van der Waals surface area contributed by atoms with Crippen LogP contribution in [0.15, 0.2) is 0 Å². The molecule has 3 rings (SSSR count). The Morgan fingerprint density at radius 3 is 2.48 bits per heavy atom. The fourth-order valence-corrected chi connectivity index (χ4v) is 4.80. The van der Waals surface area contributed by atoms with E-state index in [1.165, 1.54) is 38.5 Å². The summed E-state index contributed by atoms with van der Waals surface area (Å²) in [7, 11) is 0. The molecule has 2 heterocycles. The van der Waals surface area contributed by atoms with Crippen LogP contribution in [0, 0.1) is 11.8 Å². The molecule has 3 aliphatic rings. The molecule has 0 aromatic carbocycles. The van der Waals surface area contributed by atoms with Crippen LogP contribution in [-0.4, -0.2) is 49.2 Å². The lowest BCUT2D eigenvalue weighted by Gasteiger charge is -2.29. The fourth-order valence-electron chi connectivity index (χ4n) is 4.80. The Kier molecular flexibility index (Phi) is 7.56. The summed E-state index contributed by atoms with van der Waals surface area (Å²) in [6, 6.07) is 0. The van der Waals surface area contributed by atoms with E-state index in [2.05, 4.69) is 0 Å². The Labute approximate surface area is 151 Å². The van der Waals surface area contributed by atoms with Crippen molar-refractivity contribution in [3.63, 3.8) is 0 Å². The Hall–Kier alpha value is -0.650. The Morgan fingerprint density at radius 2 is 1.72 bits per heavy atom. The molecule has 0 radical (unpaired) electrons. The quantitative estimate of drug-likeness (QED) is 0.572. The number of carbonyl (C=O) groups is 1. The third kappa shape index (κ3) is 5.66. The van der Waals surface area contributed by atoms with Crippen LogP contribution in [0.1, 0.15) is 70.6 Å². The topological polar surface area (TPSA) is 65.0 Å². The first-order valence-corrected chi connectivity index (χ1v) is 10.3. The number of carboxylic acids is 1. The maximum Gasteiger partial charge on any atom is 0.303 e. The first-order chi connectivity index (χ1) is 12.2. The van der Waals surface area contributed by atoms with Crippen molar-refractivity contribution in [2.75, 3.05) is 19.8 Å². The second-order valence-electron chi connectivity index (χ2n) is 7.96. The molecule has 5 nitrogen and oxygen atoms in total. The largest absolute Gasteiger partial charge is 0.481 e. The minimum Gasteiger partial charge on any atom is -0.481 e. The standard InChI is InChI=1S/C20H34O5/c21-20(22)8-4-5-12-23-14-17-16(18-9-10-19(17)25-18)11-13-24-15-6-2-1-3-7-15/h15-19H,1-14H2,(H,21,22)/t16-,17+,18-,19+/m0/s1. The minimum absolute atomic E-state index is 0.238. The molecule has 0 amide bonds. The number of carboxylic acid groups (broad SMARTS) is 1. The van der Waals surface area contributed by atoms with Gasteiger partial charge in [0.2, 0.25) is 0 Å². The van der Waals surface area contributed by atoms with E-state index in [1.54, 1.807) is 0 Å². The number of aliphatic carboxylic acids is 1. The van der Waals surface area contributed by atoms with E-state index in [4.69, 9.17) is 19.3 Å². The van der Waals surface area contributed by atoms with Gasteiger partial charge in [0, 0.05) is 25.6 Å². The lowest BCUT2D eigenvalue weighted by molar-refractivity contribution is -0.137. The predicted molar refractivity (Wildman–Crippen MR) is 94.6 cm³/mol. The maximum atomic E-state index is 10.5. The summed E-state index contributed by atoms with van der Waals surface area (Å²) < 4.78 is 18.1. The van der Waals surface area contributed by atoms with E-state index in [1.807, 2.05) is 0 Å². The highest BCUT2D eigenvalue weighted by Crippen LogP contribution is 2.45. The lowest BCUT2D eigenvalue weighted by Crippen LogP contribution is -2.32. The van der Waals surface area contributed by atoms with Crippen LogP contribution >= 0.6 is 0 Å². The van der Waals surface area contributed by atoms with Crippen LogP contribution in [0.4, 0.5) is 0 Å². The van der Waals surface area contributed by atoms with E-state index in [9.17, 15) is 4.79 Å². The van der Waals surface area contributed by atoms with Crippen LogP contribution < -0.4 is 0 Å². The molecule has 0 unspecified atom stereocenters. The molecule has 2 bridgehead atoms. The van der Waals surface area contributed by atoms with Crippen LogP contribution in [0.3, 0.4) is 0 Å². The smallest absolute Gasteiger partial charge is 0.303 e. The Balaban J connectivity index is 1.33. The van der Waals surface area contributed by atoms with Crippen LogP contribution in [-0.2, 0) is 19.0 Å². The van der Waals surface area contributed by atoms with Gasteiger partial charge in [-0.15, -0.1) is 0 Å². The summed E-state index contributed by atoms with van der Waals surface area (Å²) in [5.41, 5.74) is 0.